The lowest BCUT2D eigenvalue weighted by Gasteiger charge is -2.27. The Morgan fingerprint density at radius 3 is 2.84 bits per heavy atom. The lowest BCUT2D eigenvalue weighted by atomic mass is 9.92. The number of rotatable bonds is 4. The number of nitrogens with two attached hydrogens (primary N) is 1. The summed E-state index contributed by atoms with van der Waals surface area (Å²) in [4.78, 5) is 25.7. The van der Waals surface area contributed by atoms with Gasteiger partial charge in [0.15, 0.2) is 0 Å². The highest BCUT2D eigenvalue weighted by Crippen LogP contribution is 2.43. The number of nitrogen functional groups attached to an aromatic ring is 1. The second-order valence-corrected chi connectivity index (χ2v) is 8.83. The Balaban J connectivity index is 1.61. The van der Waals surface area contributed by atoms with E-state index >= 15 is 0 Å². The predicted octanol–water partition coefficient (Wildman–Crippen LogP) is 3.86. The van der Waals surface area contributed by atoms with E-state index in [2.05, 4.69) is 34.4 Å². The topological polar surface area (TPSA) is 84.1 Å². The summed E-state index contributed by atoms with van der Waals surface area (Å²) < 4.78 is 0. The summed E-state index contributed by atoms with van der Waals surface area (Å²) in [5, 5.41) is 3.85. The molecule has 0 bridgehead atoms. The number of pyridine rings is 2. The summed E-state index contributed by atoms with van der Waals surface area (Å²) in [6.07, 6.45) is 4.35. The van der Waals surface area contributed by atoms with Gasteiger partial charge >= 0.3 is 0 Å². The van der Waals surface area contributed by atoms with Gasteiger partial charge < -0.3 is 16.0 Å². The molecular formula is C24H23N5OS. The van der Waals surface area contributed by atoms with Gasteiger partial charge in [0.05, 0.1) is 5.69 Å². The van der Waals surface area contributed by atoms with Crippen molar-refractivity contribution in [2.24, 2.45) is 0 Å². The highest BCUT2D eigenvalue weighted by Gasteiger charge is 2.26. The van der Waals surface area contributed by atoms with Gasteiger partial charge in [0.2, 0.25) is 0 Å². The van der Waals surface area contributed by atoms with Crippen LogP contribution in [-0.2, 0) is 19.5 Å². The standard InChI is InChI=1S/C24H23N5OS/c1-29-11-9-18-17(14-29)19(16-7-3-2-4-8-16)20-21(25)22(31-24(20)28-18)23(30)27-13-15-6-5-10-26-12-15/h2-8,10,12H,9,11,13-14,25H2,1H3,(H,27,30). The van der Waals surface area contributed by atoms with Gasteiger partial charge in [0.1, 0.15) is 9.71 Å². The quantitative estimate of drug-likeness (QED) is 0.515. The molecule has 0 aliphatic carbocycles. The molecule has 5 rings (SSSR count). The number of likely N-dealkylation sites (N-methyl/N-ethyl adjacent to an activating group) is 1. The van der Waals surface area contributed by atoms with Gasteiger partial charge in [-0.15, -0.1) is 11.3 Å². The molecule has 0 unspecified atom stereocenters. The maximum Gasteiger partial charge on any atom is 0.263 e. The first kappa shape index (κ1) is 19.7. The van der Waals surface area contributed by atoms with Crippen LogP contribution in [0.15, 0.2) is 54.9 Å². The molecule has 0 saturated heterocycles. The highest BCUT2D eigenvalue weighted by molar-refractivity contribution is 7.21. The number of nitrogens with zero attached hydrogens (tertiary/aromatic N) is 3. The molecule has 7 heteroatoms. The third-order valence-corrected chi connectivity index (χ3v) is 6.76. The van der Waals surface area contributed by atoms with Crippen molar-refractivity contribution < 1.29 is 4.79 Å². The summed E-state index contributed by atoms with van der Waals surface area (Å²) in [5.74, 6) is -0.182. The number of amides is 1. The first-order chi connectivity index (χ1) is 15.1. The molecule has 1 amide bonds. The largest absolute Gasteiger partial charge is 0.397 e. The van der Waals surface area contributed by atoms with Gasteiger partial charge in [-0.05, 0) is 29.8 Å². The SMILES string of the molecule is CN1CCc2nc3sc(C(=O)NCc4cccnc4)c(N)c3c(-c3ccccc3)c2C1. The Morgan fingerprint density at radius 1 is 1.23 bits per heavy atom. The van der Waals surface area contributed by atoms with Crippen molar-refractivity contribution in [1.29, 1.82) is 0 Å². The average molecular weight is 430 g/mol. The molecule has 4 aromatic rings. The van der Waals surface area contributed by atoms with Crippen LogP contribution in [0.5, 0.6) is 0 Å². The summed E-state index contributed by atoms with van der Waals surface area (Å²) in [6, 6.07) is 14.1. The molecule has 1 aliphatic rings. The molecule has 0 fully saturated rings. The summed E-state index contributed by atoms with van der Waals surface area (Å²) >= 11 is 1.37. The van der Waals surface area contributed by atoms with Crippen LogP contribution in [0.25, 0.3) is 21.3 Å². The molecule has 1 aliphatic heterocycles. The smallest absolute Gasteiger partial charge is 0.263 e. The first-order valence-electron chi connectivity index (χ1n) is 10.3. The van der Waals surface area contributed by atoms with Crippen LogP contribution in [0.1, 0.15) is 26.5 Å². The molecule has 4 heterocycles. The van der Waals surface area contributed by atoms with E-state index in [1.807, 2.05) is 30.3 Å². The lowest BCUT2D eigenvalue weighted by Crippen LogP contribution is -2.27. The van der Waals surface area contributed by atoms with Crippen LogP contribution >= 0.6 is 11.3 Å². The van der Waals surface area contributed by atoms with Crippen LogP contribution in [-0.4, -0.2) is 34.4 Å². The Bertz CT molecular complexity index is 1250. The van der Waals surface area contributed by atoms with Gasteiger partial charge in [-0.25, -0.2) is 4.98 Å². The number of carbonyl (C=O) groups is 1. The normalized spacial score (nSPS) is 13.8. The Morgan fingerprint density at radius 2 is 2.06 bits per heavy atom. The van der Waals surface area contributed by atoms with E-state index in [1.54, 1.807) is 12.4 Å². The Kier molecular flexibility index (Phi) is 5.13. The van der Waals surface area contributed by atoms with Crippen molar-refractivity contribution >= 4 is 33.1 Å². The molecule has 3 N–H and O–H groups in total. The van der Waals surface area contributed by atoms with E-state index in [-0.39, 0.29) is 5.91 Å². The van der Waals surface area contributed by atoms with Gasteiger partial charge in [0, 0.05) is 55.1 Å². The minimum absolute atomic E-state index is 0.182. The third-order valence-electron chi connectivity index (χ3n) is 5.67. The maximum atomic E-state index is 13.0. The number of thiophene rings is 1. The minimum atomic E-state index is -0.182. The molecule has 156 valence electrons. The van der Waals surface area contributed by atoms with E-state index in [9.17, 15) is 4.79 Å². The fraction of sp³-hybridized carbons (Fsp3) is 0.208. The molecule has 3 aromatic heterocycles. The summed E-state index contributed by atoms with van der Waals surface area (Å²) in [5.41, 5.74) is 12.6. The zero-order valence-corrected chi connectivity index (χ0v) is 18.1. The van der Waals surface area contributed by atoms with Gasteiger partial charge in [-0.2, -0.15) is 0 Å². The van der Waals surface area contributed by atoms with Crippen LogP contribution in [0.2, 0.25) is 0 Å². The summed E-state index contributed by atoms with van der Waals surface area (Å²) in [6.45, 7) is 2.19. The lowest BCUT2D eigenvalue weighted by molar-refractivity contribution is 0.0956. The van der Waals surface area contributed by atoms with Crippen molar-refractivity contribution in [2.45, 2.75) is 19.5 Å². The van der Waals surface area contributed by atoms with E-state index in [0.717, 1.165) is 52.1 Å². The zero-order valence-electron chi connectivity index (χ0n) is 17.3. The van der Waals surface area contributed by atoms with Crippen LogP contribution in [0.3, 0.4) is 0 Å². The number of benzene rings is 1. The number of hydrogen-bond donors (Lipinski definition) is 2. The predicted molar refractivity (Wildman–Crippen MR) is 125 cm³/mol. The monoisotopic (exact) mass is 429 g/mol. The zero-order chi connectivity index (χ0) is 21.4. The van der Waals surface area contributed by atoms with Crippen molar-refractivity contribution in [1.82, 2.24) is 20.2 Å². The molecule has 0 spiro atoms. The van der Waals surface area contributed by atoms with Crippen molar-refractivity contribution in [3.05, 3.63) is 76.6 Å². The molecule has 6 nitrogen and oxygen atoms in total. The van der Waals surface area contributed by atoms with E-state index in [1.165, 1.54) is 16.9 Å². The molecular weight excluding hydrogens is 406 g/mol. The molecule has 0 saturated carbocycles. The van der Waals surface area contributed by atoms with Crippen molar-refractivity contribution in [3.63, 3.8) is 0 Å². The van der Waals surface area contributed by atoms with Gasteiger partial charge in [-0.1, -0.05) is 36.4 Å². The first-order valence-corrected chi connectivity index (χ1v) is 11.1. The van der Waals surface area contributed by atoms with Gasteiger partial charge in [-0.3, -0.25) is 9.78 Å². The minimum Gasteiger partial charge on any atom is -0.397 e. The molecule has 1 aromatic carbocycles. The molecule has 31 heavy (non-hydrogen) atoms. The van der Waals surface area contributed by atoms with E-state index in [4.69, 9.17) is 10.7 Å². The van der Waals surface area contributed by atoms with E-state index < -0.39 is 0 Å². The third kappa shape index (κ3) is 3.66. The Labute approximate surface area is 184 Å². The second-order valence-electron chi connectivity index (χ2n) is 7.83. The highest BCUT2D eigenvalue weighted by atomic mass is 32.1. The van der Waals surface area contributed by atoms with Crippen LogP contribution in [0.4, 0.5) is 5.69 Å². The average Bonchev–Trinajstić information content (AvgIpc) is 3.13. The van der Waals surface area contributed by atoms with E-state index in [0.29, 0.717) is 17.1 Å². The maximum absolute atomic E-state index is 13.0. The Hall–Kier alpha value is -3.29. The van der Waals surface area contributed by atoms with Crippen molar-refractivity contribution in [3.8, 4) is 11.1 Å². The fourth-order valence-corrected chi connectivity index (χ4v) is 5.16. The second kappa shape index (κ2) is 8.09. The number of fused-ring (bicyclic) bond motifs is 2. The number of anilines is 1. The van der Waals surface area contributed by atoms with Gasteiger partial charge in [0.25, 0.3) is 5.91 Å². The number of aromatic nitrogens is 2. The number of carbonyl (C=O) groups excluding carboxylic acids is 1. The van der Waals surface area contributed by atoms with Crippen LogP contribution < -0.4 is 11.1 Å². The molecule has 0 atom stereocenters. The van der Waals surface area contributed by atoms with Crippen LogP contribution in [0, 0.1) is 0 Å². The fourth-order valence-electron chi connectivity index (χ4n) is 4.12. The number of nitrogens with one attached hydrogen (secondary N) is 1. The van der Waals surface area contributed by atoms with Crippen molar-refractivity contribution in [2.75, 3.05) is 19.3 Å². The molecule has 0 radical (unpaired) electrons. The summed E-state index contributed by atoms with van der Waals surface area (Å²) in [7, 11) is 2.12. The number of hydrogen-bond acceptors (Lipinski definition) is 6.